The average Bonchev–Trinajstić information content (AvgIpc) is 3.60. The molecule has 14 heteroatoms. The number of amides is 2. The van der Waals surface area contributed by atoms with E-state index in [1.165, 1.54) is 30.7 Å². The van der Waals surface area contributed by atoms with Crippen molar-refractivity contribution in [3.8, 4) is 0 Å². The molecule has 1 N–H and O–H groups in total. The lowest BCUT2D eigenvalue weighted by molar-refractivity contribution is -0.293. The lowest BCUT2D eigenvalue weighted by Crippen LogP contribution is -2.68. The van der Waals surface area contributed by atoms with E-state index in [0.29, 0.717) is 12.8 Å². The van der Waals surface area contributed by atoms with Gasteiger partial charge in [-0.25, -0.2) is 4.79 Å². The van der Waals surface area contributed by atoms with Crippen molar-refractivity contribution in [2.75, 3.05) is 6.61 Å². The number of esters is 3. The summed E-state index contributed by atoms with van der Waals surface area (Å²) in [6.07, 6.45) is 3.69. The van der Waals surface area contributed by atoms with Crippen molar-refractivity contribution in [3.05, 3.63) is 81.4 Å². The fourth-order valence-corrected chi connectivity index (χ4v) is 11.8. The molecule has 1 aromatic heterocycles. The van der Waals surface area contributed by atoms with Crippen molar-refractivity contribution in [1.29, 1.82) is 0 Å². The molecule has 0 spiro atoms. The van der Waals surface area contributed by atoms with E-state index in [1.54, 1.807) is 18.4 Å². The second kappa shape index (κ2) is 14.9. The van der Waals surface area contributed by atoms with Gasteiger partial charge in [0.1, 0.15) is 18.8 Å². The minimum Gasteiger partial charge on any atom is -0.463 e. The Balaban J connectivity index is 1.10. The van der Waals surface area contributed by atoms with Crippen LogP contribution in [0.5, 0.6) is 0 Å². The van der Waals surface area contributed by atoms with Crippen LogP contribution >= 0.6 is 0 Å². The van der Waals surface area contributed by atoms with Crippen molar-refractivity contribution in [1.82, 2.24) is 4.90 Å². The van der Waals surface area contributed by atoms with E-state index >= 15 is 0 Å². The molecular weight excluding hydrogens is 750 g/mol. The molecule has 1 saturated heterocycles. The van der Waals surface area contributed by atoms with E-state index < -0.39 is 84.3 Å². The van der Waals surface area contributed by atoms with Crippen LogP contribution in [0.1, 0.15) is 118 Å². The molecule has 1 aromatic carbocycles. The van der Waals surface area contributed by atoms with E-state index in [-0.39, 0.29) is 39.7 Å². The molecule has 58 heavy (non-hydrogen) atoms. The number of fused-ring (bicyclic) bond motifs is 6. The molecule has 8 rings (SSSR count). The molecule has 0 bridgehead atoms. The first-order valence-electron chi connectivity index (χ1n) is 20.3. The fraction of sp³-hybridized carbons (Fsp3) is 0.591. The molecule has 12 atom stereocenters. The van der Waals surface area contributed by atoms with Gasteiger partial charge in [0, 0.05) is 32.3 Å². The highest BCUT2D eigenvalue weighted by molar-refractivity contribution is 6.21. The minimum absolute atomic E-state index is 0.0659. The first-order valence-corrected chi connectivity index (χ1v) is 20.3. The van der Waals surface area contributed by atoms with Crippen molar-refractivity contribution in [2.24, 2.45) is 22.7 Å². The zero-order chi connectivity index (χ0) is 41.3. The molecule has 4 aliphatic carbocycles. The predicted molar refractivity (Wildman–Crippen MR) is 203 cm³/mol. The van der Waals surface area contributed by atoms with Crippen molar-refractivity contribution >= 4 is 29.7 Å². The maximum absolute atomic E-state index is 14.0. The monoisotopic (exact) mass is 801 g/mol. The molecule has 6 aliphatic rings. The summed E-state index contributed by atoms with van der Waals surface area (Å²) in [5.41, 5.74) is 0.564. The van der Waals surface area contributed by atoms with Gasteiger partial charge < -0.3 is 33.2 Å². The van der Waals surface area contributed by atoms with Gasteiger partial charge in [0.25, 0.3) is 11.8 Å². The van der Waals surface area contributed by atoms with Crippen LogP contribution in [0, 0.1) is 22.7 Å². The van der Waals surface area contributed by atoms with Crippen LogP contribution in [0.3, 0.4) is 0 Å². The number of carbonyl (C=O) groups excluding carboxylic acids is 5. The molecule has 2 amide bonds. The summed E-state index contributed by atoms with van der Waals surface area (Å²) >= 11 is 0. The van der Waals surface area contributed by atoms with Gasteiger partial charge in [-0.05, 0) is 98.3 Å². The van der Waals surface area contributed by atoms with Gasteiger partial charge in [0.2, 0.25) is 0 Å². The Labute approximate surface area is 336 Å². The van der Waals surface area contributed by atoms with Crippen molar-refractivity contribution < 1.29 is 57.2 Å². The van der Waals surface area contributed by atoms with E-state index in [1.807, 2.05) is 6.07 Å². The minimum atomic E-state index is -1.45. The van der Waals surface area contributed by atoms with E-state index in [2.05, 4.69) is 19.9 Å². The van der Waals surface area contributed by atoms with Gasteiger partial charge in [-0.3, -0.25) is 28.9 Å². The van der Waals surface area contributed by atoms with Gasteiger partial charge in [-0.1, -0.05) is 37.6 Å². The summed E-state index contributed by atoms with van der Waals surface area (Å²) in [4.78, 5) is 77.9. The van der Waals surface area contributed by atoms with Gasteiger partial charge in [0.15, 0.2) is 18.5 Å². The number of benzene rings is 1. The molecular formula is C44H51NO13. The quantitative estimate of drug-likeness (QED) is 0.163. The Bertz CT molecular complexity index is 2060. The average molecular weight is 802 g/mol. The largest absolute Gasteiger partial charge is 0.463 e. The van der Waals surface area contributed by atoms with E-state index in [9.17, 15) is 33.9 Å². The number of ether oxygens (including phenoxy) is 5. The van der Waals surface area contributed by atoms with Crippen LogP contribution in [0.15, 0.2) is 63.5 Å². The number of hydrogen-bond donors (Lipinski definition) is 1. The van der Waals surface area contributed by atoms with Crippen molar-refractivity contribution in [3.63, 3.8) is 0 Å². The molecule has 4 fully saturated rings. The Hall–Kier alpha value is -4.66. The fourth-order valence-electron chi connectivity index (χ4n) is 11.8. The summed E-state index contributed by atoms with van der Waals surface area (Å²) in [6.45, 7) is 7.62. The number of carbonyl (C=O) groups is 5. The van der Waals surface area contributed by atoms with Crippen LogP contribution in [0.4, 0.5) is 0 Å². The summed E-state index contributed by atoms with van der Waals surface area (Å²) in [5, 5.41) is 12.7. The predicted octanol–water partition coefficient (Wildman–Crippen LogP) is 5.00. The normalized spacial score (nSPS) is 37.8. The van der Waals surface area contributed by atoms with Gasteiger partial charge in [0.05, 0.1) is 29.1 Å². The summed E-state index contributed by atoms with van der Waals surface area (Å²) in [7, 11) is 0. The highest BCUT2D eigenvalue weighted by Gasteiger charge is 2.67. The third kappa shape index (κ3) is 6.51. The zero-order valence-electron chi connectivity index (χ0n) is 33.5. The maximum atomic E-state index is 14.0. The molecule has 14 nitrogen and oxygen atoms in total. The molecule has 3 heterocycles. The lowest BCUT2D eigenvalue weighted by atomic mass is 9.45. The number of nitrogens with zero attached hydrogens (tertiary/aromatic N) is 1. The number of allylic oxidation sites excluding steroid dienone is 1. The van der Waals surface area contributed by atoms with Gasteiger partial charge in [-0.15, -0.1) is 0 Å². The standard InChI is InChI=1S/C44H51NO13/c1-23(46)53-22-34-37(55-24(2)47)38(56-25(3)48)36(45-39(50)29-8-6-7-9-30(29)40(45)51)41(58-34)57-28-14-17-42(4)27(20-28)11-12-33-32(42)15-18-43(5)31(16-19-44(33,43)52)26-10-13-35(49)54-21-26/h6-10,13,20-21,28,31-34,36-38,41,52H,11-12,14-19,22H2,1-5H3. The first kappa shape index (κ1) is 40.1. The third-order valence-electron chi connectivity index (χ3n) is 14.5. The highest BCUT2D eigenvalue weighted by atomic mass is 16.7. The van der Waals surface area contributed by atoms with Crippen LogP contribution in [-0.2, 0) is 38.1 Å². The Kier molecular flexibility index (Phi) is 10.3. The Morgan fingerprint density at radius 3 is 2.16 bits per heavy atom. The number of imide groups is 1. The van der Waals surface area contributed by atoms with Crippen LogP contribution < -0.4 is 5.63 Å². The number of rotatable bonds is 8. The number of aliphatic hydroxyl groups is 1. The summed E-state index contributed by atoms with van der Waals surface area (Å²) in [6, 6.07) is 8.23. The number of hydrogen-bond acceptors (Lipinski definition) is 13. The third-order valence-corrected chi connectivity index (χ3v) is 14.5. The second-order valence-electron chi connectivity index (χ2n) is 17.4. The van der Waals surface area contributed by atoms with Crippen LogP contribution in [0.2, 0.25) is 0 Å². The van der Waals surface area contributed by atoms with Gasteiger partial charge >= 0.3 is 23.5 Å². The molecule has 12 unspecified atom stereocenters. The summed E-state index contributed by atoms with van der Waals surface area (Å²) < 4.78 is 35.3. The summed E-state index contributed by atoms with van der Waals surface area (Å²) in [5.74, 6) is -3.10. The van der Waals surface area contributed by atoms with Gasteiger partial charge in [-0.2, -0.15) is 0 Å². The zero-order valence-corrected chi connectivity index (χ0v) is 33.5. The molecule has 0 radical (unpaired) electrons. The Morgan fingerprint density at radius 1 is 0.828 bits per heavy atom. The van der Waals surface area contributed by atoms with Crippen LogP contribution in [0.25, 0.3) is 0 Å². The molecule has 310 valence electrons. The topological polar surface area (TPSA) is 185 Å². The van der Waals surface area contributed by atoms with Crippen LogP contribution in [-0.4, -0.2) is 88.7 Å². The van der Waals surface area contributed by atoms with Crippen molar-refractivity contribution in [2.45, 2.75) is 134 Å². The smallest absolute Gasteiger partial charge is 0.335 e. The Morgan fingerprint density at radius 2 is 1.52 bits per heavy atom. The maximum Gasteiger partial charge on any atom is 0.335 e. The van der Waals surface area contributed by atoms with E-state index in [0.717, 1.165) is 62.8 Å². The second-order valence-corrected chi connectivity index (χ2v) is 17.4. The lowest BCUT2D eigenvalue weighted by Gasteiger charge is -2.62. The molecule has 2 aliphatic heterocycles. The SMILES string of the molecule is CC(=O)OCC1OC(OC2C=C3CCC4C(CCC5(C)C(c6ccc(=O)oc6)CCC45O)C3(C)CC2)C(N2C(=O)c3ccccc3C2=O)C(OC(C)=O)C1OC(C)=O. The first-order chi connectivity index (χ1) is 27.6. The molecule has 3 saturated carbocycles. The van der Waals surface area contributed by atoms with E-state index in [4.69, 9.17) is 28.1 Å². The molecule has 2 aromatic rings. The highest BCUT2D eigenvalue weighted by Crippen LogP contribution is 2.70.